The molecular formula is C13H25N5O. The molecule has 1 aromatic rings. The van der Waals surface area contributed by atoms with E-state index in [2.05, 4.69) is 20.7 Å². The Bertz CT molecular complexity index is 426. The smallest absolute Gasteiger partial charge is 0.145 e. The van der Waals surface area contributed by atoms with E-state index in [9.17, 15) is 5.11 Å². The van der Waals surface area contributed by atoms with E-state index >= 15 is 0 Å². The van der Waals surface area contributed by atoms with Crippen molar-refractivity contribution in [3.05, 3.63) is 11.9 Å². The van der Waals surface area contributed by atoms with Crippen molar-refractivity contribution in [2.45, 2.75) is 52.1 Å². The second-order valence-corrected chi connectivity index (χ2v) is 6.06. The summed E-state index contributed by atoms with van der Waals surface area (Å²) in [6.45, 7) is 10.3. The Morgan fingerprint density at radius 3 is 2.26 bits per heavy atom. The zero-order chi connectivity index (χ0) is 14.7. The summed E-state index contributed by atoms with van der Waals surface area (Å²) in [5.41, 5.74) is 1.61. The number of nitrogens with one attached hydrogen (secondary N) is 2. The van der Waals surface area contributed by atoms with Gasteiger partial charge in [-0.3, -0.25) is 0 Å². The van der Waals surface area contributed by atoms with Crippen LogP contribution in [0.25, 0.3) is 0 Å². The molecule has 108 valence electrons. The number of nitrogens with zero attached hydrogens (tertiary/aromatic N) is 2. The van der Waals surface area contributed by atoms with Gasteiger partial charge in [-0.05, 0) is 13.3 Å². The second-order valence-electron chi connectivity index (χ2n) is 6.06. The van der Waals surface area contributed by atoms with Crippen LogP contribution in [0.2, 0.25) is 0 Å². The summed E-state index contributed by atoms with van der Waals surface area (Å²) in [5, 5.41) is 13.1. The normalized spacial score (nSPS) is 14.9. The molecule has 0 aliphatic heterocycles. The lowest BCUT2D eigenvalue weighted by atomic mass is 9.96. The van der Waals surface area contributed by atoms with E-state index in [-0.39, 0.29) is 5.41 Å². The van der Waals surface area contributed by atoms with Crippen molar-refractivity contribution in [2.75, 3.05) is 17.3 Å². The third-order valence-corrected chi connectivity index (χ3v) is 2.96. The molecule has 0 fully saturated rings. The van der Waals surface area contributed by atoms with Crippen LogP contribution in [0.5, 0.6) is 0 Å². The van der Waals surface area contributed by atoms with Crippen LogP contribution in [0, 0.1) is 0 Å². The molecule has 0 radical (unpaired) electrons. The summed E-state index contributed by atoms with van der Waals surface area (Å²) in [4.78, 5) is 8.80. The van der Waals surface area contributed by atoms with Crippen LogP contribution in [-0.4, -0.2) is 27.2 Å². The number of anilines is 2. The van der Waals surface area contributed by atoms with Gasteiger partial charge in [-0.25, -0.2) is 15.8 Å². The lowest BCUT2D eigenvalue weighted by Crippen LogP contribution is -2.33. The van der Waals surface area contributed by atoms with Gasteiger partial charge < -0.3 is 15.8 Å². The van der Waals surface area contributed by atoms with E-state index in [4.69, 9.17) is 5.84 Å². The van der Waals surface area contributed by atoms with Crippen LogP contribution >= 0.6 is 0 Å². The molecule has 0 aliphatic rings. The van der Waals surface area contributed by atoms with Crippen molar-refractivity contribution in [3.8, 4) is 0 Å². The number of nitrogens with two attached hydrogens (primary N) is 1. The first kappa shape index (κ1) is 15.7. The van der Waals surface area contributed by atoms with Crippen LogP contribution in [0.15, 0.2) is 6.07 Å². The number of hydrazine groups is 1. The molecular weight excluding hydrogens is 242 g/mol. The van der Waals surface area contributed by atoms with E-state index in [1.54, 1.807) is 13.0 Å². The van der Waals surface area contributed by atoms with E-state index < -0.39 is 5.60 Å². The van der Waals surface area contributed by atoms with Gasteiger partial charge in [0, 0.05) is 18.0 Å². The van der Waals surface area contributed by atoms with Crippen LogP contribution in [0.4, 0.5) is 11.6 Å². The average Bonchev–Trinajstić information content (AvgIpc) is 2.35. The second kappa shape index (κ2) is 5.71. The van der Waals surface area contributed by atoms with Crippen molar-refractivity contribution >= 4 is 11.6 Å². The maximum Gasteiger partial charge on any atom is 0.145 e. The predicted octanol–water partition coefficient (Wildman–Crippen LogP) is 1.63. The molecule has 0 aromatic carbocycles. The van der Waals surface area contributed by atoms with Crippen molar-refractivity contribution in [1.82, 2.24) is 9.97 Å². The van der Waals surface area contributed by atoms with Gasteiger partial charge in [0.1, 0.15) is 17.5 Å². The van der Waals surface area contributed by atoms with Crippen LogP contribution in [0.1, 0.15) is 46.9 Å². The first-order valence-electron chi connectivity index (χ1n) is 6.50. The van der Waals surface area contributed by atoms with Crippen molar-refractivity contribution in [3.63, 3.8) is 0 Å². The average molecular weight is 267 g/mol. The summed E-state index contributed by atoms with van der Waals surface area (Å²) >= 11 is 0. The Morgan fingerprint density at radius 1 is 1.21 bits per heavy atom. The number of rotatable bonds is 5. The van der Waals surface area contributed by atoms with Gasteiger partial charge in [0.05, 0.1) is 5.60 Å². The number of hydrogen-bond acceptors (Lipinski definition) is 6. The van der Waals surface area contributed by atoms with E-state index in [0.29, 0.717) is 30.4 Å². The highest BCUT2D eigenvalue weighted by Crippen LogP contribution is 2.22. The highest BCUT2D eigenvalue weighted by Gasteiger charge is 2.21. The molecule has 5 N–H and O–H groups in total. The Hall–Kier alpha value is -1.40. The molecule has 6 heteroatoms. The summed E-state index contributed by atoms with van der Waals surface area (Å²) in [6, 6.07) is 1.72. The monoisotopic (exact) mass is 267 g/mol. The maximum atomic E-state index is 9.99. The summed E-state index contributed by atoms with van der Waals surface area (Å²) in [5.74, 6) is 7.33. The molecule has 1 rings (SSSR count). The quantitative estimate of drug-likeness (QED) is 0.478. The molecule has 0 bridgehead atoms. The van der Waals surface area contributed by atoms with Crippen LogP contribution in [-0.2, 0) is 5.41 Å². The zero-order valence-corrected chi connectivity index (χ0v) is 12.4. The Balaban J connectivity index is 2.95. The lowest BCUT2D eigenvalue weighted by Gasteiger charge is -2.23. The van der Waals surface area contributed by atoms with Gasteiger partial charge in [0.25, 0.3) is 0 Å². The predicted molar refractivity (Wildman–Crippen MR) is 77.9 cm³/mol. The Labute approximate surface area is 114 Å². The number of aliphatic hydroxyl groups is 1. The van der Waals surface area contributed by atoms with Gasteiger partial charge in [-0.1, -0.05) is 27.7 Å². The highest BCUT2D eigenvalue weighted by atomic mass is 16.3. The fourth-order valence-electron chi connectivity index (χ4n) is 1.35. The molecule has 0 spiro atoms. The van der Waals surface area contributed by atoms with Crippen molar-refractivity contribution in [2.24, 2.45) is 5.84 Å². The van der Waals surface area contributed by atoms with Gasteiger partial charge in [-0.15, -0.1) is 0 Å². The number of hydrogen-bond donors (Lipinski definition) is 4. The topological polar surface area (TPSA) is 96.1 Å². The molecule has 1 unspecified atom stereocenters. The molecule has 0 aliphatic carbocycles. The standard InChI is InChI=1S/C13H25N5O/c1-6-13(5,19)8-15-9-7-10(18-14)17-11(16-9)12(2,3)4/h7,19H,6,8,14H2,1-5H3,(H2,15,16,17,18). The third kappa shape index (κ3) is 4.65. The van der Waals surface area contributed by atoms with Gasteiger partial charge in [0.15, 0.2) is 0 Å². The lowest BCUT2D eigenvalue weighted by molar-refractivity contribution is 0.0696. The molecule has 1 aromatic heterocycles. The summed E-state index contributed by atoms with van der Waals surface area (Å²) in [7, 11) is 0. The largest absolute Gasteiger partial charge is 0.388 e. The fourth-order valence-corrected chi connectivity index (χ4v) is 1.35. The Morgan fingerprint density at radius 2 is 1.79 bits per heavy atom. The Kier molecular flexibility index (Phi) is 4.70. The van der Waals surface area contributed by atoms with E-state index in [1.165, 1.54) is 0 Å². The number of aromatic nitrogens is 2. The molecule has 19 heavy (non-hydrogen) atoms. The summed E-state index contributed by atoms with van der Waals surface area (Å²) in [6.07, 6.45) is 0.666. The first-order chi connectivity index (χ1) is 8.68. The fraction of sp³-hybridized carbons (Fsp3) is 0.692. The minimum absolute atomic E-state index is 0.170. The third-order valence-electron chi connectivity index (χ3n) is 2.96. The molecule has 1 atom stereocenters. The van der Waals surface area contributed by atoms with Gasteiger partial charge in [-0.2, -0.15) is 0 Å². The van der Waals surface area contributed by atoms with Crippen LogP contribution < -0.4 is 16.6 Å². The van der Waals surface area contributed by atoms with Crippen molar-refractivity contribution in [1.29, 1.82) is 0 Å². The molecule has 0 saturated heterocycles. The van der Waals surface area contributed by atoms with Crippen molar-refractivity contribution < 1.29 is 5.11 Å². The minimum Gasteiger partial charge on any atom is -0.388 e. The van der Waals surface area contributed by atoms with Gasteiger partial charge in [0.2, 0.25) is 0 Å². The van der Waals surface area contributed by atoms with E-state index in [0.717, 1.165) is 0 Å². The molecule has 0 saturated carbocycles. The minimum atomic E-state index is -0.761. The number of nitrogen functional groups attached to an aromatic ring is 1. The van der Waals surface area contributed by atoms with Gasteiger partial charge >= 0.3 is 0 Å². The first-order valence-corrected chi connectivity index (χ1v) is 6.50. The SMILES string of the molecule is CCC(C)(O)CNc1cc(NN)nc(C(C)(C)C)n1. The highest BCUT2D eigenvalue weighted by molar-refractivity contribution is 5.47. The maximum absolute atomic E-state index is 9.99. The molecule has 1 heterocycles. The van der Waals surface area contributed by atoms with E-state index in [1.807, 2.05) is 27.7 Å². The molecule has 6 nitrogen and oxygen atoms in total. The van der Waals surface area contributed by atoms with Crippen LogP contribution in [0.3, 0.4) is 0 Å². The zero-order valence-electron chi connectivity index (χ0n) is 12.4. The summed E-state index contributed by atoms with van der Waals surface area (Å²) < 4.78 is 0. The molecule has 0 amide bonds.